The molecule has 2 aromatic rings. The maximum Gasteiger partial charge on any atom is 0.243 e. The zero-order valence-corrected chi connectivity index (χ0v) is 16.7. The summed E-state index contributed by atoms with van der Waals surface area (Å²) in [5.74, 6) is 0.659. The molecule has 26 heavy (non-hydrogen) atoms. The van der Waals surface area contributed by atoms with Gasteiger partial charge >= 0.3 is 0 Å². The Kier molecular flexibility index (Phi) is 5.97. The molecule has 1 fully saturated rings. The van der Waals surface area contributed by atoms with Crippen molar-refractivity contribution in [3.05, 3.63) is 52.5 Å². The molecule has 0 aliphatic carbocycles. The van der Waals surface area contributed by atoms with E-state index in [2.05, 4.69) is 4.90 Å². The molecule has 0 unspecified atom stereocenters. The van der Waals surface area contributed by atoms with Crippen molar-refractivity contribution < 1.29 is 13.2 Å². The molecular formula is C18H20Cl2N2O3S. The van der Waals surface area contributed by atoms with Gasteiger partial charge in [0, 0.05) is 31.2 Å². The van der Waals surface area contributed by atoms with Crippen LogP contribution in [0.2, 0.25) is 10.0 Å². The fraction of sp³-hybridized carbons (Fsp3) is 0.333. The third-order valence-corrected chi connectivity index (χ3v) is 6.73. The third-order valence-electron chi connectivity index (χ3n) is 4.26. The number of hydrogen-bond acceptors (Lipinski definition) is 4. The second-order valence-corrected chi connectivity index (χ2v) is 8.67. The summed E-state index contributed by atoms with van der Waals surface area (Å²) in [6.07, 6.45) is 0. The number of benzene rings is 2. The minimum atomic E-state index is -3.53. The maximum atomic E-state index is 12.8. The van der Waals surface area contributed by atoms with Crippen LogP contribution in [0.3, 0.4) is 0 Å². The van der Waals surface area contributed by atoms with Gasteiger partial charge in [0.05, 0.1) is 22.2 Å². The summed E-state index contributed by atoms with van der Waals surface area (Å²) in [5.41, 5.74) is 0.831. The number of sulfonamides is 1. The zero-order chi connectivity index (χ0) is 18.7. The summed E-state index contributed by atoms with van der Waals surface area (Å²) in [6, 6.07) is 11.8. The molecule has 1 saturated heterocycles. The second-order valence-electron chi connectivity index (χ2n) is 5.89. The van der Waals surface area contributed by atoms with Gasteiger partial charge < -0.3 is 9.64 Å². The van der Waals surface area contributed by atoms with Gasteiger partial charge in [-0.3, -0.25) is 0 Å². The van der Waals surface area contributed by atoms with E-state index in [0.29, 0.717) is 48.6 Å². The summed E-state index contributed by atoms with van der Waals surface area (Å²) in [7, 11) is -3.53. The molecule has 1 heterocycles. The quantitative estimate of drug-likeness (QED) is 0.743. The molecule has 1 aliphatic heterocycles. The molecule has 3 rings (SSSR count). The van der Waals surface area contributed by atoms with Crippen LogP contribution in [0.25, 0.3) is 0 Å². The van der Waals surface area contributed by atoms with Crippen LogP contribution >= 0.6 is 23.2 Å². The highest BCUT2D eigenvalue weighted by Crippen LogP contribution is 2.30. The van der Waals surface area contributed by atoms with Crippen LogP contribution in [0.15, 0.2) is 47.4 Å². The lowest BCUT2D eigenvalue weighted by molar-refractivity contribution is 0.340. The van der Waals surface area contributed by atoms with E-state index in [1.165, 1.54) is 4.31 Å². The molecule has 0 saturated carbocycles. The average molecular weight is 415 g/mol. The van der Waals surface area contributed by atoms with Crippen molar-refractivity contribution in [3.63, 3.8) is 0 Å². The minimum absolute atomic E-state index is 0.273. The van der Waals surface area contributed by atoms with Crippen molar-refractivity contribution in [2.24, 2.45) is 0 Å². The Bertz CT molecular complexity index is 865. The smallest absolute Gasteiger partial charge is 0.243 e. The normalized spacial score (nSPS) is 15.9. The molecule has 0 aromatic heterocycles. The van der Waals surface area contributed by atoms with Crippen LogP contribution < -0.4 is 9.64 Å². The molecule has 0 N–H and O–H groups in total. The van der Waals surface area contributed by atoms with E-state index in [9.17, 15) is 8.42 Å². The molecule has 2 aromatic carbocycles. The molecule has 140 valence electrons. The van der Waals surface area contributed by atoms with Gasteiger partial charge in [0.25, 0.3) is 0 Å². The number of piperazine rings is 1. The number of anilines is 1. The first-order chi connectivity index (χ1) is 12.4. The molecule has 0 bridgehead atoms. The highest BCUT2D eigenvalue weighted by atomic mass is 35.5. The van der Waals surface area contributed by atoms with Crippen molar-refractivity contribution in [1.82, 2.24) is 4.31 Å². The first kappa shape index (κ1) is 19.3. The highest BCUT2D eigenvalue weighted by Gasteiger charge is 2.29. The lowest BCUT2D eigenvalue weighted by Crippen LogP contribution is -2.48. The van der Waals surface area contributed by atoms with E-state index >= 15 is 0 Å². The van der Waals surface area contributed by atoms with E-state index in [1.807, 2.05) is 6.92 Å². The van der Waals surface area contributed by atoms with Gasteiger partial charge in [-0.25, -0.2) is 8.42 Å². The topological polar surface area (TPSA) is 49.9 Å². The molecular weight excluding hydrogens is 395 g/mol. The first-order valence-electron chi connectivity index (χ1n) is 8.35. The fourth-order valence-electron chi connectivity index (χ4n) is 2.92. The Morgan fingerprint density at radius 1 is 1.00 bits per heavy atom. The Morgan fingerprint density at radius 2 is 1.65 bits per heavy atom. The third kappa shape index (κ3) is 4.09. The molecule has 0 radical (unpaired) electrons. The summed E-state index contributed by atoms with van der Waals surface area (Å²) in [6.45, 7) is 4.31. The van der Waals surface area contributed by atoms with Crippen LogP contribution in [0, 0.1) is 0 Å². The lowest BCUT2D eigenvalue weighted by atomic mass is 10.2. The predicted molar refractivity (Wildman–Crippen MR) is 105 cm³/mol. The standard InChI is InChI=1S/C18H20Cl2N2O3S/c1-2-25-15-4-6-16(7-5-15)26(23,24)22-11-9-21(10-12-22)18-13-14(19)3-8-17(18)20/h3-8,13H,2,9-12H2,1H3. The van der Waals surface area contributed by atoms with Crippen LogP contribution in [0.1, 0.15) is 6.92 Å². The molecule has 0 spiro atoms. The Morgan fingerprint density at radius 3 is 2.27 bits per heavy atom. The molecule has 0 amide bonds. The van der Waals surface area contributed by atoms with Crippen molar-refractivity contribution in [2.45, 2.75) is 11.8 Å². The van der Waals surface area contributed by atoms with E-state index in [1.54, 1.807) is 42.5 Å². The van der Waals surface area contributed by atoms with E-state index in [0.717, 1.165) is 5.69 Å². The summed E-state index contributed by atoms with van der Waals surface area (Å²) in [4.78, 5) is 2.33. The average Bonchev–Trinajstić information content (AvgIpc) is 2.64. The van der Waals surface area contributed by atoms with Crippen molar-refractivity contribution >= 4 is 38.9 Å². The largest absolute Gasteiger partial charge is 0.494 e. The predicted octanol–water partition coefficient (Wildman–Crippen LogP) is 3.90. The zero-order valence-electron chi connectivity index (χ0n) is 14.4. The maximum absolute atomic E-state index is 12.8. The van der Waals surface area contributed by atoms with Crippen molar-refractivity contribution in [2.75, 3.05) is 37.7 Å². The monoisotopic (exact) mass is 414 g/mol. The Labute approximate surface area is 164 Å². The summed E-state index contributed by atoms with van der Waals surface area (Å²) >= 11 is 12.3. The van der Waals surface area contributed by atoms with Gasteiger partial charge in [0.1, 0.15) is 5.75 Å². The molecule has 8 heteroatoms. The fourth-order valence-corrected chi connectivity index (χ4v) is 4.75. The van der Waals surface area contributed by atoms with E-state index < -0.39 is 10.0 Å². The van der Waals surface area contributed by atoms with E-state index in [-0.39, 0.29) is 4.90 Å². The molecule has 0 atom stereocenters. The number of nitrogens with zero attached hydrogens (tertiary/aromatic N) is 2. The number of rotatable bonds is 5. The lowest BCUT2D eigenvalue weighted by Gasteiger charge is -2.35. The van der Waals surface area contributed by atoms with Gasteiger partial charge in [-0.15, -0.1) is 0 Å². The Hall–Kier alpha value is -1.47. The van der Waals surface area contributed by atoms with Crippen LogP contribution in [0.5, 0.6) is 5.75 Å². The summed E-state index contributed by atoms with van der Waals surface area (Å²) in [5, 5.41) is 1.21. The van der Waals surface area contributed by atoms with Gasteiger partial charge in [-0.1, -0.05) is 23.2 Å². The van der Waals surface area contributed by atoms with Gasteiger partial charge in [0.15, 0.2) is 0 Å². The number of ether oxygens (including phenoxy) is 1. The minimum Gasteiger partial charge on any atom is -0.494 e. The molecule has 1 aliphatic rings. The first-order valence-corrected chi connectivity index (χ1v) is 10.5. The van der Waals surface area contributed by atoms with Crippen LogP contribution in [0.4, 0.5) is 5.69 Å². The van der Waals surface area contributed by atoms with Crippen LogP contribution in [-0.4, -0.2) is 45.5 Å². The van der Waals surface area contributed by atoms with Gasteiger partial charge in [0.2, 0.25) is 10.0 Å². The number of halogens is 2. The SMILES string of the molecule is CCOc1ccc(S(=O)(=O)N2CCN(c3cc(Cl)ccc3Cl)CC2)cc1. The molecule has 5 nitrogen and oxygen atoms in total. The second kappa shape index (κ2) is 8.05. The number of hydrogen-bond donors (Lipinski definition) is 0. The Balaban J connectivity index is 1.71. The van der Waals surface area contributed by atoms with Crippen LogP contribution in [-0.2, 0) is 10.0 Å². The van der Waals surface area contributed by atoms with Crippen molar-refractivity contribution in [3.8, 4) is 5.75 Å². The van der Waals surface area contributed by atoms with Crippen molar-refractivity contribution in [1.29, 1.82) is 0 Å². The highest BCUT2D eigenvalue weighted by molar-refractivity contribution is 7.89. The van der Waals surface area contributed by atoms with Gasteiger partial charge in [-0.05, 0) is 49.4 Å². The summed E-state index contributed by atoms with van der Waals surface area (Å²) < 4.78 is 32.5. The van der Waals surface area contributed by atoms with Gasteiger partial charge in [-0.2, -0.15) is 4.31 Å². The van der Waals surface area contributed by atoms with E-state index in [4.69, 9.17) is 27.9 Å².